The van der Waals surface area contributed by atoms with Gasteiger partial charge in [0.25, 0.3) is 5.91 Å². The zero-order chi connectivity index (χ0) is 10.7. The summed E-state index contributed by atoms with van der Waals surface area (Å²) < 4.78 is 0. The van der Waals surface area contributed by atoms with E-state index in [9.17, 15) is 4.79 Å². The highest BCUT2D eigenvalue weighted by atomic mass is 35.5. The Kier molecular flexibility index (Phi) is 3.14. The molecule has 1 aromatic rings. The van der Waals surface area contributed by atoms with Crippen molar-refractivity contribution in [2.75, 3.05) is 11.9 Å². The lowest BCUT2D eigenvalue weighted by molar-refractivity contribution is -0.114. The van der Waals surface area contributed by atoms with Crippen LogP contribution < -0.4 is 10.6 Å². The number of benzene rings is 1. The quantitative estimate of drug-likeness (QED) is 0.773. The molecule has 0 saturated carbocycles. The number of halogens is 1. The lowest BCUT2D eigenvalue weighted by atomic mass is 10.3. The molecule has 3 nitrogen and oxygen atoms in total. The van der Waals surface area contributed by atoms with Crippen molar-refractivity contribution in [1.82, 2.24) is 0 Å². The smallest absolute Gasteiger partial charge is 0.264 e. The fourth-order valence-corrected chi connectivity index (χ4v) is 1.19. The van der Waals surface area contributed by atoms with Gasteiger partial charge in [-0.1, -0.05) is 24.2 Å². The average molecular weight is 211 g/mol. The third kappa shape index (κ3) is 2.26. The van der Waals surface area contributed by atoms with E-state index in [1.165, 1.54) is 0 Å². The van der Waals surface area contributed by atoms with Crippen LogP contribution in [-0.2, 0) is 4.79 Å². The first-order valence-electron chi connectivity index (χ1n) is 4.00. The molecule has 0 atom stereocenters. The Bertz CT molecular complexity index is 376. The van der Waals surface area contributed by atoms with E-state index in [0.29, 0.717) is 5.02 Å². The summed E-state index contributed by atoms with van der Waals surface area (Å²) in [5, 5.41) is 0.603. The summed E-state index contributed by atoms with van der Waals surface area (Å²) in [7, 11) is 1.71. The third-order valence-corrected chi connectivity index (χ3v) is 2.12. The number of anilines is 1. The second kappa shape index (κ2) is 4.15. The Labute approximate surface area is 87.8 Å². The molecule has 1 aromatic carbocycles. The Morgan fingerprint density at radius 3 is 2.71 bits per heavy atom. The van der Waals surface area contributed by atoms with Crippen molar-refractivity contribution in [2.45, 2.75) is 0 Å². The van der Waals surface area contributed by atoms with Gasteiger partial charge in [-0.3, -0.25) is 4.79 Å². The van der Waals surface area contributed by atoms with Gasteiger partial charge < -0.3 is 10.6 Å². The predicted octanol–water partition coefficient (Wildman–Crippen LogP) is 1.78. The first-order valence-corrected chi connectivity index (χ1v) is 4.38. The Morgan fingerprint density at radius 1 is 1.57 bits per heavy atom. The van der Waals surface area contributed by atoms with E-state index in [1.54, 1.807) is 30.1 Å². The van der Waals surface area contributed by atoms with Gasteiger partial charge in [-0.25, -0.2) is 0 Å². The molecule has 0 aliphatic heterocycles. The lowest BCUT2D eigenvalue weighted by Gasteiger charge is -2.19. The second-order valence-electron chi connectivity index (χ2n) is 2.85. The molecule has 2 N–H and O–H groups in total. The largest absolute Gasteiger partial charge is 0.364 e. The van der Waals surface area contributed by atoms with Crippen molar-refractivity contribution in [3.63, 3.8) is 0 Å². The van der Waals surface area contributed by atoms with E-state index in [4.69, 9.17) is 17.3 Å². The number of carbonyl (C=O) groups excluding carboxylic acids is 1. The maximum Gasteiger partial charge on any atom is 0.264 e. The van der Waals surface area contributed by atoms with Crippen molar-refractivity contribution >= 4 is 23.2 Å². The summed E-state index contributed by atoms with van der Waals surface area (Å²) in [6.45, 7) is 3.57. The van der Waals surface area contributed by atoms with Crippen LogP contribution in [0.3, 0.4) is 0 Å². The maximum atomic E-state index is 10.8. The molecule has 0 aliphatic carbocycles. The van der Waals surface area contributed by atoms with E-state index < -0.39 is 5.91 Å². The average Bonchev–Trinajstić information content (AvgIpc) is 2.15. The van der Waals surface area contributed by atoms with Crippen LogP contribution in [0.25, 0.3) is 0 Å². The normalized spacial score (nSPS) is 9.57. The number of amides is 1. The highest BCUT2D eigenvalue weighted by Gasteiger charge is 2.09. The van der Waals surface area contributed by atoms with Gasteiger partial charge in [0.05, 0.1) is 5.70 Å². The molecule has 0 heterocycles. The standard InChI is InChI=1S/C10H11ClN2O/c1-7(10(12)14)13(2)9-5-3-4-8(11)6-9/h3-6H,1H2,2H3,(H2,12,14). The number of carbonyl (C=O) groups is 1. The Morgan fingerprint density at radius 2 is 2.21 bits per heavy atom. The summed E-state index contributed by atoms with van der Waals surface area (Å²) in [6.07, 6.45) is 0. The van der Waals surface area contributed by atoms with Crippen LogP contribution >= 0.6 is 11.6 Å². The molecule has 1 rings (SSSR count). The molecule has 0 aromatic heterocycles. The highest BCUT2D eigenvalue weighted by molar-refractivity contribution is 6.30. The number of nitrogens with zero attached hydrogens (tertiary/aromatic N) is 1. The minimum Gasteiger partial charge on any atom is -0.364 e. The molecule has 0 aliphatic rings. The third-order valence-electron chi connectivity index (χ3n) is 1.88. The predicted molar refractivity (Wildman–Crippen MR) is 58.2 cm³/mol. The summed E-state index contributed by atoms with van der Waals surface area (Å²) in [6, 6.07) is 7.10. The summed E-state index contributed by atoms with van der Waals surface area (Å²) in [5.41, 5.74) is 6.11. The van der Waals surface area contributed by atoms with Gasteiger partial charge in [0.15, 0.2) is 0 Å². The van der Waals surface area contributed by atoms with Gasteiger partial charge in [-0.15, -0.1) is 0 Å². The van der Waals surface area contributed by atoms with Crippen molar-refractivity contribution in [1.29, 1.82) is 0 Å². The summed E-state index contributed by atoms with van der Waals surface area (Å²) in [5.74, 6) is -0.549. The van der Waals surface area contributed by atoms with Gasteiger partial charge in [-0.05, 0) is 18.2 Å². The first kappa shape index (κ1) is 10.6. The van der Waals surface area contributed by atoms with Crippen molar-refractivity contribution in [3.05, 3.63) is 41.6 Å². The molecule has 0 fully saturated rings. The number of nitrogens with two attached hydrogens (primary N) is 1. The van der Waals surface area contributed by atoms with Gasteiger partial charge in [0.1, 0.15) is 0 Å². The van der Waals surface area contributed by atoms with Gasteiger partial charge in [0.2, 0.25) is 0 Å². The zero-order valence-electron chi connectivity index (χ0n) is 7.83. The Balaban J connectivity index is 2.95. The van der Waals surface area contributed by atoms with E-state index in [0.717, 1.165) is 5.69 Å². The number of hydrogen-bond acceptors (Lipinski definition) is 2. The van der Waals surface area contributed by atoms with Crippen LogP contribution in [0.5, 0.6) is 0 Å². The molecule has 74 valence electrons. The van der Waals surface area contributed by atoms with E-state index in [2.05, 4.69) is 6.58 Å². The van der Waals surface area contributed by atoms with Crippen LogP contribution in [0.15, 0.2) is 36.5 Å². The topological polar surface area (TPSA) is 46.3 Å². The van der Waals surface area contributed by atoms with Crippen molar-refractivity contribution < 1.29 is 4.79 Å². The minimum atomic E-state index is -0.549. The molecule has 0 spiro atoms. The van der Waals surface area contributed by atoms with Gasteiger partial charge in [0, 0.05) is 17.8 Å². The number of likely N-dealkylation sites (N-methyl/N-ethyl adjacent to an activating group) is 1. The molecule has 0 saturated heterocycles. The molecular formula is C10H11ClN2O. The van der Waals surface area contributed by atoms with Crippen LogP contribution in [0.1, 0.15) is 0 Å². The van der Waals surface area contributed by atoms with Crippen molar-refractivity contribution in [3.8, 4) is 0 Å². The minimum absolute atomic E-state index is 0.229. The number of rotatable bonds is 3. The zero-order valence-corrected chi connectivity index (χ0v) is 8.58. The maximum absolute atomic E-state index is 10.8. The monoisotopic (exact) mass is 210 g/mol. The summed E-state index contributed by atoms with van der Waals surface area (Å²) >= 11 is 5.80. The Hall–Kier alpha value is -1.48. The molecule has 0 bridgehead atoms. The van der Waals surface area contributed by atoms with Crippen molar-refractivity contribution in [2.24, 2.45) is 5.73 Å². The number of primary amides is 1. The van der Waals surface area contributed by atoms with E-state index >= 15 is 0 Å². The first-order chi connectivity index (χ1) is 6.52. The molecule has 4 heteroatoms. The van der Waals surface area contributed by atoms with E-state index in [-0.39, 0.29) is 5.70 Å². The van der Waals surface area contributed by atoms with Crippen LogP contribution in [0.4, 0.5) is 5.69 Å². The lowest BCUT2D eigenvalue weighted by Crippen LogP contribution is -2.27. The fraction of sp³-hybridized carbons (Fsp3) is 0.100. The van der Waals surface area contributed by atoms with Crippen LogP contribution in [0, 0.1) is 0 Å². The molecule has 0 radical (unpaired) electrons. The molecule has 0 unspecified atom stereocenters. The molecule has 14 heavy (non-hydrogen) atoms. The number of hydrogen-bond donors (Lipinski definition) is 1. The van der Waals surface area contributed by atoms with Crippen LogP contribution in [0.2, 0.25) is 5.02 Å². The highest BCUT2D eigenvalue weighted by Crippen LogP contribution is 2.20. The fourth-order valence-electron chi connectivity index (χ4n) is 1.01. The second-order valence-corrected chi connectivity index (χ2v) is 3.29. The summed E-state index contributed by atoms with van der Waals surface area (Å²) in [4.78, 5) is 12.4. The van der Waals surface area contributed by atoms with Crippen LogP contribution in [-0.4, -0.2) is 13.0 Å². The van der Waals surface area contributed by atoms with E-state index in [1.807, 2.05) is 6.07 Å². The van der Waals surface area contributed by atoms with Gasteiger partial charge >= 0.3 is 0 Å². The SMILES string of the molecule is C=C(C(N)=O)N(C)c1cccc(Cl)c1. The van der Waals surface area contributed by atoms with Gasteiger partial charge in [-0.2, -0.15) is 0 Å². The molecular weight excluding hydrogens is 200 g/mol. The molecule has 1 amide bonds.